The molecule has 0 saturated carbocycles. The van der Waals surface area contributed by atoms with Gasteiger partial charge in [-0.15, -0.1) is 0 Å². The SMILES string of the molecule is CCCCCCCC(=O)Nc1cc(NC(=O)CCCCCCC)cc(NC(=O)CCCCCCC)c1. The van der Waals surface area contributed by atoms with E-state index in [1.807, 2.05) is 0 Å². The van der Waals surface area contributed by atoms with Crippen LogP contribution in [0.15, 0.2) is 18.2 Å². The van der Waals surface area contributed by atoms with E-state index in [2.05, 4.69) is 36.7 Å². The van der Waals surface area contributed by atoms with Crippen LogP contribution in [0.3, 0.4) is 0 Å². The summed E-state index contributed by atoms with van der Waals surface area (Å²) in [6.45, 7) is 6.52. The molecule has 204 valence electrons. The van der Waals surface area contributed by atoms with Crippen molar-refractivity contribution < 1.29 is 14.4 Å². The lowest BCUT2D eigenvalue weighted by Crippen LogP contribution is -2.15. The molecule has 1 rings (SSSR count). The molecule has 0 aromatic heterocycles. The Morgan fingerprint density at radius 3 is 0.944 bits per heavy atom. The highest BCUT2D eigenvalue weighted by atomic mass is 16.2. The lowest BCUT2D eigenvalue weighted by Gasteiger charge is -2.13. The summed E-state index contributed by atoms with van der Waals surface area (Å²) < 4.78 is 0. The quantitative estimate of drug-likeness (QED) is 0.147. The highest BCUT2D eigenvalue weighted by Gasteiger charge is 2.10. The summed E-state index contributed by atoms with van der Waals surface area (Å²) in [7, 11) is 0. The largest absolute Gasteiger partial charge is 0.326 e. The fourth-order valence-electron chi connectivity index (χ4n) is 4.18. The third-order valence-corrected chi connectivity index (χ3v) is 6.31. The third kappa shape index (κ3) is 16.3. The van der Waals surface area contributed by atoms with Gasteiger partial charge in [-0.1, -0.05) is 97.8 Å². The number of carbonyl (C=O) groups excluding carboxylic acids is 3. The van der Waals surface area contributed by atoms with E-state index >= 15 is 0 Å². The molecular weight excluding hydrogens is 450 g/mol. The van der Waals surface area contributed by atoms with Crippen LogP contribution in [0, 0.1) is 0 Å². The Morgan fingerprint density at radius 1 is 0.444 bits per heavy atom. The fraction of sp³-hybridized carbons (Fsp3) is 0.700. The first kappa shape index (κ1) is 31.7. The number of benzene rings is 1. The molecule has 0 aliphatic rings. The Morgan fingerprint density at radius 2 is 0.694 bits per heavy atom. The van der Waals surface area contributed by atoms with Crippen LogP contribution in [0.2, 0.25) is 0 Å². The molecule has 6 heteroatoms. The van der Waals surface area contributed by atoms with Crippen LogP contribution in [-0.2, 0) is 14.4 Å². The van der Waals surface area contributed by atoms with Crippen molar-refractivity contribution in [2.75, 3.05) is 16.0 Å². The van der Waals surface area contributed by atoms with Gasteiger partial charge in [-0.3, -0.25) is 14.4 Å². The van der Waals surface area contributed by atoms with E-state index in [4.69, 9.17) is 0 Å². The number of nitrogens with one attached hydrogen (secondary N) is 3. The molecule has 0 fully saturated rings. The van der Waals surface area contributed by atoms with Crippen LogP contribution in [0.5, 0.6) is 0 Å². The van der Waals surface area contributed by atoms with Crippen molar-refractivity contribution in [2.24, 2.45) is 0 Å². The maximum atomic E-state index is 12.5. The lowest BCUT2D eigenvalue weighted by atomic mass is 10.1. The van der Waals surface area contributed by atoms with E-state index in [9.17, 15) is 14.4 Å². The van der Waals surface area contributed by atoms with Crippen LogP contribution in [0.4, 0.5) is 17.1 Å². The second-order valence-electron chi connectivity index (χ2n) is 9.94. The topological polar surface area (TPSA) is 87.3 Å². The summed E-state index contributed by atoms with van der Waals surface area (Å²) in [5.74, 6) is -0.128. The van der Waals surface area contributed by atoms with Gasteiger partial charge in [-0.2, -0.15) is 0 Å². The lowest BCUT2D eigenvalue weighted by molar-refractivity contribution is -0.117. The monoisotopic (exact) mass is 501 g/mol. The first-order valence-corrected chi connectivity index (χ1v) is 14.5. The molecule has 3 amide bonds. The maximum absolute atomic E-state index is 12.5. The van der Waals surface area contributed by atoms with Gasteiger partial charge in [0.1, 0.15) is 0 Å². The number of carbonyl (C=O) groups is 3. The van der Waals surface area contributed by atoms with Crippen LogP contribution in [0.1, 0.15) is 136 Å². The van der Waals surface area contributed by atoms with E-state index in [1.165, 1.54) is 38.5 Å². The molecule has 1 aromatic carbocycles. The number of rotatable bonds is 21. The Balaban J connectivity index is 2.73. The molecule has 0 radical (unpaired) electrons. The van der Waals surface area contributed by atoms with Crippen LogP contribution < -0.4 is 16.0 Å². The van der Waals surface area contributed by atoms with Gasteiger partial charge >= 0.3 is 0 Å². The zero-order chi connectivity index (χ0) is 26.4. The highest BCUT2D eigenvalue weighted by molar-refractivity contribution is 5.97. The second kappa shape index (κ2) is 20.8. The molecule has 0 aliphatic heterocycles. The van der Waals surface area contributed by atoms with Crippen molar-refractivity contribution >= 4 is 34.8 Å². The number of unbranched alkanes of at least 4 members (excludes halogenated alkanes) is 12. The molecule has 0 saturated heterocycles. The van der Waals surface area contributed by atoms with Gasteiger partial charge in [0.15, 0.2) is 0 Å². The van der Waals surface area contributed by atoms with Gasteiger partial charge < -0.3 is 16.0 Å². The van der Waals surface area contributed by atoms with Crippen molar-refractivity contribution in [3.8, 4) is 0 Å². The number of amides is 3. The Labute approximate surface area is 219 Å². The van der Waals surface area contributed by atoms with Crippen molar-refractivity contribution in [1.29, 1.82) is 0 Å². The standard InChI is InChI=1S/C30H51N3O3/c1-4-7-10-13-16-19-28(34)31-25-22-26(32-29(35)20-17-14-11-8-5-2)24-27(23-25)33-30(36)21-18-15-12-9-6-3/h22-24H,4-21H2,1-3H3,(H,31,34)(H,32,35)(H,33,36). The van der Waals surface area contributed by atoms with Gasteiger partial charge in [0.25, 0.3) is 0 Å². The zero-order valence-corrected chi connectivity index (χ0v) is 23.2. The Hall–Kier alpha value is -2.37. The van der Waals surface area contributed by atoms with E-state index in [0.29, 0.717) is 36.3 Å². The summed E-state index contributed by atoms with van der Waals surface area (Å²) in [5.41, 5.74) is 1.77. The summed E-state index contributed by atoms with van der Waals surface area (Å²) in [6, 6.07) is 5.30. The molecule has 0 unspecified atom stereocenters. The average molecular weight is 502 g/mol. The van der Waals surface area contributed by atoms with Crippen molar-refractivity contribution in [1.82, 2.24) is 0 Å². The van der Waals surface area contributed by atoms with Crippen molar-refractivity contribution in [2.45, 2.75) is 136 Å². The van der Waals surface area contributed by atoms with E-state index in [1.54, 1.807) is 18.2 Å². The zero-order valence-electron chi connectivity index (χ0n) is 23.2. The predicted molar refractivity (Wildman–Crippen MR) is 152 cm³/mol. The summed E-state index contributed by atoms with van der Waals surface area (Å²) in [6.07, 6.45) is 17.7. The maximum Gasteiger partial charge on any atom is 0.224 e. The second-order valence-corrected chi connectivity index (χ2v) is 9.94. The highest BCUT2D eigenvalue weighted by Crippen LogP contribution is 2.24. The summed E-state index contributed by atoms with van der Waals surface area (Å²) in [4.78, 5) is 37.4. The minimum absolute atomic E-state index is 0.0425. The first-order valence-electron chi connectivity index (χ1n) is 14.5. The van der Waals surface area contributed by atoms with Crippen LogP contribution in [0.25, 0.3) is 0 Å². The molecule has 0 aliphatic carbocycles. The van der Waals surface area contributed by atoms with Crippen molar-refractivity contribution in [3.63, 3.8) is 0 Å². The van der Waals surface area contributed by atoms with Gasteiger partial charge in [0, 0.05) is 36.3 Å². The van der Waals surface area contributed by atoms with Gasteiger partial charge in [-0.05, 0) is 37.5 Å². The predicted octanol–water partition coefficient (Wildman–Crippen LogP) is 8.58. The molecule has 36 heavy (non-hydrogen) atoms. The molecule has 0 atom stereocenters. The van der Waals surface area contributed by atoms with Crippen molar-refractivity contribution in [3.05, 3.63) is 18.2 Å². The summed E-state index contributed by atoms with van der Waals surface area (Å²) in [5, 5.41) is 8.85. The van der Waals surface area contributed by atoms with Crippen LogP contribution >= 0.6 is 0 Å². The number of hydrogen-bond acceptors (Lipinski definition) is 3. The van der Waals surface area contributed by atoms with Crippen LogP contribution in [-0.4, -0.2) is 17.7 Å². The Bertz CT molecular complexity index is 652. The molecule has 6 nitrogen and oxygen atoms in total. The molecule has 0 bridgehead atoms. The summed E-state index contributed by atoms with van der Waals surface area (Å²) >= 11 is 0. The molecule has 1 aromatic rings. The average Bonchev–Trinajstić information content (AvgIpc) is 2.83. The number of hydrogen-bond donors (Lipinski definition) is 3. The molecule has 0 spiro atoms. The molecule has 3 N–H and O–H groups in total. The van der Waals surface area contributed by atoms with Gasteiger partial charge in [0.2, 0.25) is 17.7 Å². The number of anilines is 3. The normalized spacial score (nSPS) is 10.8. The smallest absolute Gasteiger partial charge is 0.224 e. The minimum Gasteiger partial charge on any atom is -0.326 e. The fourth-order valence-corrected chi connectivity index (χ4v) is 4.18. The first-order chi connectivity index (χ1) is 17.5. The minimum atomic E-state index is -0.0425. The molecule has 0 heterocycles. The Kier molecular flexibility index (Phi) is 18.3. The van der Waals surface area contributed by atoms with E-state index < -0.39 is 0 Å². The molecular formula is C30H51N3O3. The van der Waals surface area contributed by atoms with Gasteiger partial charge in [0.05, 0.1) is 0 Å². The van der Waals surface area contributed by atoms with E-state index in [0.717, 1.165) is 57.8 Å². The third-order valence-electron chi connectivity index (χ3n) is 6.31. The van der Waals surface area contributed by atoms with E-state index in [-0.39, 0.29) is 17.7 Å². The van der Waals surface area contributed by atoms with Gasteiger partial charge in [-0.25, -0.2) is 0 Å².